The number of hydrogen-bond donors (Lipinski definition) is 2. The maximum atomic E-state index is 13.3. The molecule has 0 aliphatic carbocycles. The largest absolute Gasteiger partial charge is 0.496 e. The number of halogens is 1. The van der Waals surface area contributed by atoms with Crippen molar-refractivity contribution < 1.29 is 9.13 Å². The van der Waals surface area contributed by atoms with Gasteiger partial charge in [0.2, 0.25) is 0 Å². The van der Waals surface area contributed by atoms with Gasteiger partial charge in [-0.15, -0.1) is 0 Å². The molecular weight excluding hydrogens is 243 g/mol. The summed E-state index contributed by atoms with van der Waals surface area (Å²) in [6, 6.07) is 4.77. The van der Waals surface area contributed by atoms with Crippen molar-refractivity contribution in [1.82, 2.24) is 10.6 Å². The molecular formula is C15H23FN2O. The van der Waals surface area contributed by atoms with Crippen molar-refractivity contribution in [3.05, 3.63) is 29.6 Å². The smallest absolute Gasteiger partial charge is 0.123 e. The van der Waals surface area contributed by atoms with Crippen LogP contribution in [0, 0.1) is 11.7 Å². The quantitative estimate of drug-likeness (QED) is 0.859. The van der Waals surface area contributed by atoms with E-state index >= 15 is 0 Å². The second-order valence-electron chi connectivity index (χ2n) is 5.21. The Morgan fingerprint density at radius 2 is 2.16 bits per heavy atom. The molecule has 3 nitrogen and oxygen atoms in total. The zero-order valence-corrected chi connectivity index (χ0v) is 11.7. The number of rotatable bonds is 5. The van der Waals surface area contributed by atoms with Gasteiger partial charge in [0.25, 0.3) is 0 Å². The van der Waals surface area contributed by atoms with Crippen LogP contribution in [0.25, 0.3) is 0 Å². The zero-order chi connectivity index (χ0) is 13.7. The Morgan fingerprint density at radius 3 is 2.84 bits per heavy atom. The van der Waals surface area contributed by atoms with Gasteiger partial charge >= 0.3 is 0 Å². The first kappa shape index (κ1) is 14.3. The lowest BCUT2D eigenvalue weighted by molar-refractivity contribution is 0.340. The van der Waals surface area contributed by atoms with Gasteiger partial charge in [-0.25, -0.2) is 4.39 Å². The molecule has 1 fully saturated rings. The molecule has 0 saturated carbocycles. The molecule has 1 aliphatic rings. The molecule has 0 radical (unpaired) electrons. The highest BCUT2D eigenvalue weighted by molar-refractivity contribution is 5.36. The van der Waals surface area contributed by atoms with Gasteiger partial charge in [0.05, 0.1) is 7.11 Å². The summed E-state index contributed by atoms with van der Waals surface area (Å²) in [7, 11) is 1.62. The summed E-state index contributed by atoms with van der Waals surface area (Å²) in [6.45, 7) is 5.23. The van der Waals surface area contributed by atoms with Crippen molar-refractivity contribution in [2.45, 2.75) is 25.8 Å². The van der Waals surface area contributed by atoms with Gasteiger partial charge in [-0.1, -0.05) is 0 Å². The van der Waals surface area contributed by atoms with Crippen LogP contribution in [0.4, 0.5) is 4.39 Å². The molecule has 1 heterocycles. The summed E-state index contributed by atoms with van der Waals surface area (Å²) < 4.78 is 18.6. The molecule has 2 rings (SSSR count). The van der Waals surface area contributed by atoms with Crippen molar-refractivity contribution in [3.63, 3.8) is 0 Å². The highest BCUT2D eigenvalue weighted by Crippen LogP contribution is 2.26. The van der Waals surface area contributed by atoms with Crippen molar-refractivity contribution >= 4 is 0 Å². The summed E-state index contributed by atoms with van der Waals surface area (Å²) in [6.07, 6.45) is 2.42. The Kier molecular flexibility index (Phi) is 5.16. The Bertz CT molecular complexity index is 405. The van der Waals surface area contributed by atoms with Gasteiger partial charge in [-0.2, -0.15) is 0 Å². The lowest BCUT2D eigenvalue weighted by Crippen LogP contribution is -2.34. The number of piperidine rings is 1. The fraction of sp³-hybridized carbons (Fsp3) is 0.600. The predicted octanol–water partition coefficient (Wildman–Crippen LogP) is 2.48. The van der Waals surface area contributed by atoms with Gasteiger partial charge in [0, 0.05) is 11.6 Å². The van der Waals surface area contributed by atoms with Gasteiger partial charge in [0.15, 0.2) is 0 Å². The average molecular weight is 266 g/mol. The average Bonchev–Trinajstić information content (AvgIpc) is 2.46. The molecule has 106 valence electrons. The van der Waals surface area contributed by atoms with E-state index in [4.69, 9.17) is 4.74 Å². The van der Waals surface area contributed by atoms with E-state index in [0.717, 1.165) is 30.9 Å². The first-order valence-corrected chi connectivity index (χ1v) is 6.98. The van der Waals surface area contributed by atoms with Crippen molar-refractivity contribution in [2.24, 2.45) is 5.92 Å². The third kappa shape index (κ3) is 3.91. The molecule has 1 aromatic rings. The normalized spacial score (nSPS) is 18.3. The van der Waals surface area contributed by atoms with Crippen molar-refractivity contribution in [1.29, 1.82) is 0 Å². The first-order valence-electron chi connectivity index (χ1n) is 6.98. The van der Waals surface area contributed by atoms with Crippen LogP contribution in [0.15, 0.2) is 18.2 Å². The van der Waals surface area contributed by atoms with E-state index in [1.54, 1.807) is 19.2 Å². The second-order valence-corrected chi connectivity index (χ2v) is 5.21. The van der Waals surface area contributed by atoms with Crippen LogP contribution in [-0.4, -0.2) is 26.7 Å². The number of hydrogen-bond acceptors (Lipinski definition) is 3. The van der Waals surface area contributed by atoms with E-state index in [2.05, 4.69) is 17.6 Å². The number of ether oxygens (including phenoxy) is 1. The van der Waals surface area contributed by atoms with Crippen molar-refractivity contribution in [3.8, 4) is 5.75 Å². The molecule has 0 amide bonds. The first-order chi connectivity index (χ1) is 9.20. The lowest BCUT2D eigenvalue weighted by atomic mass is 9.97. The van der Waals surface area contributed by atoms with Crippen molar-refractivity contribution in [2.75, 3.05) is 26.7 Å². The minimum atomic E-state index is -0.216. The molecule has 2 N–H and O–H groups in total. The molecule has 0 bridgehead atoms. The maximum absolute atomic E-state index is 13.3. The number of benzene rings is 1. The van der Waals surface area contributed by atoms with Gasteiger partial charge in [-0.05, 0) is 63.5 Å². The fourth-order valence-corrected chi connectivity index (χ4v) is 2.58. The van der Waals surface area contributed by atoms with Gasteiger partial charge in [0.1, 0.15) is 11.6 Å². The van der Waals surface area contributed by atoms with E-state index in [9.17, 15) is 4.39 Å². The number of methoxy groups -OCH3 is 1. The molecule has 19 heavy (non-hydrogen) atoms. The highest BCUT2D eigenvalue weighted by Gasteiger charge is 2.16. The van der Waals surface area contributed by atoms with Gasteiger partial charge < -0.3 is 15.4 Å². The van der Waals surface area contributed by atoms with Gasteiger partial charge in [-0.3, -0.25) is 0 Å². The molecule has 1 aliphatic heterocycles. The fourth-order valence-electron chi connectivity index (χ4n) is 2.58. The minimum Gasteiger partial charge on any atom is -0.496 e. The Labute approximate surface area is 114 Å². The Hall–Kier alpha value is -1.13. The third-order valence-corrected chi connectivity index (χ3v) is 3.83. The van der Waals surface area contributed by atoms with Crippen LogP contribution in [0.5, 0.6) is 5.75 Å². The molecule has 1 unspecified atom stereocenters. The Balaban J connectivity index is 1.94. The van der Waals surface area contributed by atoms with Crippen LogP contribution in [0.2, 0.25) is 0 Å². The minimum absolute atomic E-state index is 0.0977. The summed E-state index contributed by atoms with van der Waals surface area (Å²) >= 11 is 0. The van der Waals surface area contributed by atoms with E-state index in [-0.39, 0.29) is 11.9 Å². The van der Waals surface area contributed by atoms with E-state index in [0.29, 0.717) is 5.92 Å². The highest BCUT2D eigenvalue weighted by atomic mass is 19.1. The summed E-state index contributed by atoms with van der Waals surface area (Å²) in [5.41, 5.74) is 0.886. The summed E-state index contributed by atoms with van der Waals surface area (Å²) in [4.78, 5) is 0. The van der Waals surface area contributed by atoms with Crippen LogP contribution >= 0.6 is 0 Å². The molecule has 0 aromatic heterocycles. The lowest BCUT2D eigenvalue weighted by Gasteiger charge is -2.25. The second kappa shape index (κ2) is 6.87. The monoisotopic (exact) mass is 266 g/mol. The Morgan fingerprint density at radius 1 is 1.42 bits per heavy atom. The van der Waals surface area contributed by atoms with Crippen LogP contribution < -0.4 is 15.4 Å². The predicted molar refractivity (Wildman–Crippen MR) is 75.0 cm³/mol. The maximum Gasteiger partial charge on any atom is 0.123 e. The topological polar surface area (TPSA) is 33.3 Å². The molecule has 0 spiro atoms. The molecule has 1 aromatic carbocycles. The molecule has 1 atom stereocenters. The molecule has 4 heteroatoms. The third-order valence-electron chi connectivity index (χ3n) is 3.83. The SMILES string of the molecule is COc1ccc(F)cc1C(C)NCC1CCNCC1. The van der Waals surface area contributed by atoms with E-state index in [1.165, 1.54) is 18.9 Å². The zero-order valence-electron chi connectivity index (χ0n) is 11.7. The van der Waals surface area contributed by atoms with Crippen LogP contribution in [0.1, 0.15) is 31.4 Å². The van der Waals surface area contributed by atoms with Crippen LogP contribution in [0.3, 0.4) is 0 Å². The van der Waals surface area contributed by atoms with E-state index in [1.807, 2.05) is 0 Å². The summed E-state index contributed by atoms with van der Waals surface area (Å²) in [5, 5.41) is 6.86. The summed E-state index contributed by atoms with van der Waals surface area (Å²) in [5.74, 6) is 1.24. The molecule has 1 saturated heterocycles. The number of nitrogens with one attached hydrogen (secondary N) is 2. The van der Waals surface area contributed by atoms with Crippen LogP contribution in [-0.2, 0) is 0 Å². The standard InChI is InChI=1S/C15H23FN2O/c1-11(18-10-12-5-7-17-8-6-12)14-9-13(16)3-4-15(14)19-2/h3-4,9,11-12,17-18H,5-8,10H2,1-2H3. The van der Waals surface area contributed by atoms with E-state index < -0.39 is 0 Å².